The predicted molar refractivity (Wildman–Crippen MR) is 51.7 cm³/mol. The molecule has 0 amide bonds. The molecule has 0 aromatic carbocycles. The molecule has 2 saturated heterocycles. The molecule has 0 bridgehead atoms. The minimum atomic E-state index is 0.169. The van der Waals surface area contributed by atoms with Crippen LogP contribution < -0.4 is 0 Å². The molecule has 0 spiro atoms. The fourth-order valence-electron chi connectivity index (χ4n) is 2.09. The van der Waals surface area contributed by atoms with E-state index in [1.165, 1.54) is 19.3 Å². The summed E-state index contributed by atoms with van der Waals surface area (Å²) in [5.41, 5.74) is 0.169. The fraction of sp³-hybridized carbons (Fsp3) is 1.00. The number of rotatable bonds is 5. The van der Waals surface area contributed by atoms with Crippen LogP contribution in [0.15, 0.2) is 0 Å². The lowest BCUT2D eigenvalue weighted by Gasteiger charge is -2.10. The van der Waals surface area contributed by atoms with Crippen LogP contribution >= 0.6 is 0 Å². The molecule has 0 aliphatic carbocycles. The van der Waals surface area contributed by atoms with Crippen molar-refractivity contribution in [1.29, 1.82) is 0 Å². The Morgan fingerprint density at radius 2 is 2.08 bits per heavy atom. The van der Waals surface area contributed by atoms with Crippen LogP contribution in [0.3, 0.4) is 0 Å². The van der Waals surface area contributed by atoms with E-state index in [2.05, 4.69) is 20.8 Å². The Bertz CT molecular complexity index is 185. The summed E-state index contributed by atoms with van der Waals surface area (Å²) in [7, 11) is 0. The van der Waals surface area contributed by atoms with Gasteiger partial charge in [-0.1, -0.05) is 13.3 Å². The summed E-state index contributed by atoms with van der Waals surface area (Å²) in [6, 6.07) is 0. The second kappa shape index (κ2) is 3.25. The number of epoxide rings is 2. The first kappa shape index (κ1) is 9.47. The maximum absolute atomic E-state index is 5.56. The Kier molecular flexibility index (Phi) is 2.37. The van der Waals surface area contributed by atoms with E-state index in [-0.39, 0.29) is 5.60 Å². The van der Waals surface area contributed by atoms with Gasteiger partial charge in [-0.05, 0) is 32.6 Å². The van der Waals surface area contributed by atoms with Gasteiger partial charge in [0.1, 0.15) is 0 Å². The molecular weight excluding hydrogens is 164 g/mol. The van der Waals surface area contributed by atoms with Crippen LogP contribution in [-0.2, 0) is 9.47 Å². The van der Waals surface area contributed by atoms with Crippen LogP contribution in [0.25, 0.3) is 0 Å². The molecule has 0 aromatic rings. The van der Waals surface area contributed by atoms with E-state index in [0.717, 1.165) is 12.5 Å². The molecule has 2 heteroatoms. The van der Waals surface area contributed by atoms with Gasteiger partial charge in [0.2, 0.25) is 0 Å². The minimum absolute atomic E-state index is 0.169. The number of hydrogen-bond acceptors (Lipinski definition) is 2. The van der Waals surface area contributed by atoms with Crippen molar-refractivity contribution in [3.05, 3.63) is 0 Å². The molecule has 2 fully saturated rings. The Hall–Kier alpha value is -0.0800. The van der Waals surface area contributed by atoms with Crippen LogP contribution in [0.4, 0.5) is 0 Å². The van der Waals surface area contributed by atoms with E-state index in [4.69, 9.17) is 9.47 Å². The molecule has 76 valence electrons. The molecule has 13 heavy (non-hydrogen) atoms. The van der Waals surface area contributed by atoms with E-state index < -0.39 is 0 Å². The molecule has 2 heterocycles. The maximum atomic E-state index is 5.56. The summed E-state index contributed by atoms with van der Waals surface area (Å²) in [4.78, 5) is 0. The van der Waals surface area contributed by atoms with Gasteiger partial charge in [-0.25, -0.2) is 0 Å². The first-order chi connectivity index (χ1) is 6.13. The normalized spacial score (nSPS) is 37.2. The molecule has 3 atom stereocenters. The van der Waals surface area contributed by atoms with Crippen molar-refractivity contribution in [1.82, 2.24) is 0 Å². The second-order valence-corrected chi connectivity index (χ2v) is 4.83. The van der Waals surface area contributed by atoms with Gasteiger partial charge in [0.15, 0.2) is 0 Å². The van der Waals surface area contributed by atoms with E-state index in [1.54, 1.807) is 0 Å². The lowest BCUT2D eigenvalue weighted by atomic mass is 9.94. The summed E-state index contributed by atoms with van der Waals surface area (Å²) in [6.07, 6.45) is 4.82. The average Bonchev–Trinajstić information content (AvgIpc) is 2.92. The quantitative estimate of drug-likeness (QED) is 0.613. The Morgan fingerprint density at radius 1 is 1.46 bits per heavy atom. The first-order valence-electron chi connectivity index (χ1n) is 5.43. The van der Waals surface area contributed by atoms with E-state index in [1.807, 2.05) is 0 Å². The summed E-state index contributed by atoms with van der Waals surface area (Å²) in [5.74, 6) is 0.778. The first-order valence-corrected chi connectivity index (χ1v) is 5.43. The van der Waals surface area contributed by atoms with Crippen LogP contribution in [0.1, 0.15) is 40.0 Å². The Labute approximate surface area is 80.6 Å². The van der Waals surface area contributed by atoms with E-state index >= 15 is 0 Å². The molecular formula is C11H20O2. The molecule has 0 saturated carbocycles. The van der Waals surface area contributed by atoms with Crippen molar-refractivity contribution in [2.24, 2.45) is 5.92 Å². The largest absolute Gasteiger partial charge is 0.373 e. The summed E-state index contributed by atoms with van der Waals surface area (Å²) >= 11 is 0. The summed E-state index contributed by atoms with van der Waals surface area (Å²) < 4.78 is 10.9. The molecule has 0 aromatic heterocycles. The predicted octanol–water partition coefficient (Wildman–Crippen LogP) is 2.37. The van der Waals surface area contributed by atoms with Crippen molar-refractivity contribution in [3.63, 3.8) is 0 Å². The zero-order chi connectivity index (χ0) is 9.47. The van der Waals surface area contributed by atoms with Crippen LogP contribution in [0, 0.1) is 5.92 Å². The summed E-state index contributed by atoms with van der Waals surface area (Å²) in [5, 5.41) is 0. The van der Waals surface area contributed by atoms with E-state index in [9.17, 15) is 0 Å². The fourth-order valence-corrected chi connectivity index (χ4v) is 2.09. The van der Waals surface area contributed by atoms with Crippen LogP contribution in [0.5, 0.6) is 0 Å². The van der Waals surface area contributed by atoms with Gasteiger partial charge < -0.3 is 9.47 Å². The van der Waals surface area contributed by atoms with Gasteiger partial charge in [-0.3, -0.25) is 0 Å². The van der Waals surface area contributed by atoms with Gasteiger partial charge in [0.25, 0.3) is 0 Å². The molecule has 3 unspecified atom stereocenters. The molecule has 2 aliphatic rings. The highest BCUT2D eigenvalue weighted by Crippen LogP contribution is 2.40. The standard InChI is InChI=1S/C11H20O2/c1-4-8(9-7-12-9)5-6-10-11(2,3)13-10/h8-10H,4-7H2,1-3H3. The third kappa shape index (κ3) is 2.23. The topological polar surface area (TPSA) is 25.1 Å². The van der Waals surface area contributed by atoms with Gasteiger partial charge in [-0.15, -0.1) is 0 Å². The minimum Gasteiger partial charge on any atom is -0.373 e. The van der Waals surface area contributed by atoms with Crippen molar-refractivity contribution in [3.8, 4) is 0 Å². The van der Waals surface area contributed by atoms with Crippen LogP contribution in [0.2, 0.25) is 0 Å². The number of hydrogen-bond donors (Lipinski definition) is 0. The van der Waals surface area contributed by atoms with Crippen molar-refractivity contribution < 1.29 is 9.47 Å². The lowest BCUT2D eigenvalue weighted by Crippen LogP contribution is -2.10. The van der Waals surface area contributed by atoms with Crippen molar-refractivity contribution in [2.45, 2.75) is 57.8 Å². The Balaban J connectivity index is 1.66. The highest BCUT2D eigenvalue weighted by atomic mass is 16.6. The zero-order valence-corrected chi connectivity index (χ0v) is 8.88. The SMILES string of the molecule is CCC(CCC1OC1(C)C)C1CO1. The smallest absolute Gasteiger partial charge is 0.0892 e. The third-order valence-corrected chi connectivity index (χ3v) is 3.37. The second-order valence-electron chi connectivity index (χ2n) is 4.83. The highest BCUT2D eigenvalue weighted by molar-refractivity contribution is 4.95. The lowest BCUT2D eigenvalue weighted by molar-refractivity contribution is 0.284. The maximum Gasteiger partial charge on any atom is 0.0892 e. The molecule has 2 aliphatic heterocycles. The van der Waals surface area contributed by atoms with Crippen molar-refractivity contribution in [2.75, 3.05) is 6.61 Å². The highest BCUT2D eigenvalue weighted by Gasteiger charge is 2.47. The van der Waals surface area contributed by atoms with E-state index in [0.29, 0.717) is 12.2 Å². The monoisotopic (exact) mass is 184 g/mol. The third-order valence-electron chi connectivity index (χ3n) is 3.37. The summed E-state index contributed by atoms with van der Waals surface area (Å²) in [6.45, 7) is 7.59. The van der Waals surface area contributed by atoms with Gasteiger partial charge in [0.05, 0.1) is 24.4 Å². The Morgan fingerprint density at radius 3 is 2.46 bits per heavy atom. The molecule has 0 N–H and O–H groups in total. The number of ether oxygens (including phenoxy) is 2. The zero-order valence-electron chi connectivity index (χ0n) is 8.88. The molecule has 2 nitrogen and oxygen atoms in total. The molecule has 0 radical (unpaired) electrons. The van der Waals surface area contributed by atoms with Gasteiger partial charge in [-0.2, -0.15) is 0 Å². The van der Waals surface area contributed by atoms with Crippen molar-refractivity contribution >= 4 is 0 Å². The van der Waals surface area contributed by atoms with Gasteiger partial charge >= 0.3 is 0 Å². The van der Waals surface area contributed by atoms with Crippen LogP contribution in [-0.4, -0.2) is 24.4 Å². The van der Waals surface area contributed by atoms with Gasteiger partial charge in [0, 0.05) is 0 Å². The molecule has 2 rings (SSSR count). The average molecular weight is 184 g/mol.